The van der Waals surface area contributed by atoms with Gasteiger partial charge in [-0.15, -0.1) is 16.4 Å². The number of aliphatic hydroxyl groups is 1. The zero-order chi connectivity index (χ0) is 19.8. The van der Waals surface area contributed by atoms with E-state index in [0.29, 0.717) is 11.3 Å². The lowest BCUT2D eigenvalue weighted by molar-refractivity contribution is 0.0827. The number of fused-ring (bicyclic) bond motifs is 1. The van der Waals surface area contributed by atoms with Crippen LogP contribution in [0.15, 0.2) is 43.0 Å². The molecule has 0 saturated carbocycles. The number of amides is 1. The van der Waals surface area contributed by atoms with Crippen LogP contribution in [0.1, 0.15) is 39.7 Å². The van der Waals surface area contributed by atoms with E-state index in [9.17, 15) is 9.90 Å². The highest BCUT2D eigenvalue weighted by atomic mass is 32.1. The van der Waals surface area contributed by atoms with Crippen molar-refractivity contribution >= 4 is 22.1 Å². The summed E-state index contributed by atoms with van der Waals surface area (Å²) in [6.07, 6.45) is 5.10. The highest BCUT2D eigenvalue weighted by Crippen LogP contribution is 2.31. The molecule has 0 bridgehead atoms. The fourth-order valence-corrected chi connectivity index (χ4v) is 4.14. The number of benzene rings is 1. The number of imidazole rings is 1. The van der Waals surface area contributed by atoms with Gasteiger partial charge in [0.1, 0.15) is 23.0 Å². The van der Waals surface area contributed by atoms with Crippen molar-refractivity contribution in [1.82, 2.24) is 29.3 Å². The van der Waals surface area contributed by atoms with Crippen molar-refractivity contribution in [1.29, 1.82) is 0 Å². The van der Waals surface area contributed by atoms with Crippen LogP contribution >= 0.6 is 11.3 Å². The number of nitrogens with zero attached hydrogens (tertiary/aromatic N) is 6. The van der Waals surface area contributed by atoms with Crippen LogP contribution in [0.25, 0.3) is 10.5 Å². The Morgan fingerprint density at radius 3 is 2.71 bits per heavy atom. The Labute approximate surface area is 165 Å². The molecule has 0 aliphatic heterocycles. The van der Waals surface area contributed by atoms with Gasteiger partial charge >= 0.3 is 0 Å². The van der Waals surface area contributed by atoms with Gasteiger partial charge in [0.05, 0.1) is 23.8 Å². The number of thiazole rings is 1. The minimum atomic E-state index is -0.902. The number of carbonyl (C=O) groups excluding carboxylic acids is 1. The predicted molar refractivity (Wildman–Crippen MR) is 106 cm³/mol. The summed E-state index contributed by atoms with van der Waals surface area (Å²) < 4.78 is 3.49. The molecule has 1 atom stereocenters. The minimum absolute atomic E-state index is 0.0600. The first-order valence-corrected chi connectivity index (χ1v) is 9.67. The van der Waals surface area contributed by atoms with Gasteiger partial charge in [0.25, 0.3) is 5.91 Å². The summed E-state index contributed by atoms with van der Waals surface area (Å²) in [6.45, 7) is 2.06. The van der Waals surface area contributed by atoms with E-state index in [1.807, 2.05) is 4.40 Å². The molecule has 8 nitrogen and oxygen atoms in total. The van der Waals surface area contributed by atoms with Gasteiger partial charge in [-0.2, -0.15) is 0 Å². The van der Waals surface area contributed by atoms with Crippen LogP contribution in [-0.2, 0) is 6.42 Å². The molecule has 0 aliphatic rings. The summed E-state index contributed by atoms with van der Waals surface area (Å²) >= 11 is 1.61. The van der Waals surface area contributed by atoms with Gasteiger partial charge in [0, 0.05) is 24.5 Å². The van der Waals surface area contributed by atoms with Crippen LogP contribution in [-0.4, -0.2) is 54.4 Å². The SMILES string of the molecule is CCc1sc2cncn2c1C(O)c1cn(-c2ccc(C(=O)N(C)C)cc2)nn1. The number of aryl methyl sites for hydroxylation is 1. The van der Waals surface area contributed by atoms with Crippen molar-refractivity contribution < 1.29 is 9.90 Å². The second-order valence-corrected chi connectivity index (χ2v) is 7.72. The molecular formula is C19H20N6O2S. The Bertz CT molecular complexity index is 1130. The molecule has 0 saturated heterocycles. The molecule has 1 unspecified atom stereocenters. The fourth-order valence-electron chi connectivity index (χ4n) is 3.07. The van der Waals surface area contributed by atoms with Crippen LogP contribution in [0.2, 0.25) is 0 Å². The number of carbonyl (C=O) groups is 1. The van der Waals surface area contributed by atoms with E-state index in [-0.39, 0.29) is 5.91 Å². The number of aliphatic hydroxyl groups excluding tert-OH is 1. The maximum atomic E-state index is 12.0. The smallest absolute Gasteiger partial charge is 0.253 e. The first-order chi connectivity index (χ1) is 13.5. The molecule has 0 aliphatic carbocycles. The second kappa shape index (κ2) is 7.17. The molecule has 4 aromatic rings. The number of hydrogen-bond donors (Lipinski definition) is 1. The fraction of sp³-hybridized carbons (Fsp3) is 0.263. The van der Waals surface area contributed by atoms with Crippen molar-refractivity contribution in [2.75, 3.05) is 14.1 Å². The standard InChI is InChI=1S/C19H20N6O2S/c1-4-15-17(24-11-20-9-16(24)28-15)18(26)14-10-25(22-21-14)13-7-5-12(6-8-13)19(27)23(2)3/h5-11,18,26H,4H2,1-3H3. The molecule has 0 fully saturated rings. The topological polar surface area (TPSA) is 88.5 Å². The van der Waals surface area contributed by atoms with Gasteiger partial charge in [-0.3, -0.25) is 9.20 Å². The van der Waals surface area contributed by atoms with E-state index < -0.39 is 6.10 Å². The van der Waals surface area contributed by atoms with Crippen LogP contribution in [0.3, 0.4) is 0 Å². The van der Waals surface area contributed by atoms with Crippen LogP contribution in [0, 0.1) is 0 Å². The summed E-state index contributed by atoms with van der Waals surface area (Å²) in [6, 6.07) is 7.10. The zero-order valence-corrected chi connectivity index (χ0v) is 16.6. The van der Waals surface area contributed by atoms with Crippen molar-refractivity contribution in [3.63, 3.8) is 0 Å². The molecular weight excluding hydrogens is 376 g/mol. The molecule has 1 aromatic carbocycles. The second-order valence-electron chi connectivity index (χ2n) is 6.60. The van der Waals surface area contributed by atoms with Crippen LogP contribution in [0.5, 0.6) is 0 Å². The highest BCUT2D eigenvalue weighted by Gasteiger charge is 2.23. The van der Waals surface area contributed by atoms with Crippen molar-refractivity contribution in [2.24, 2.45) is 0 Å². The molecule has 9 heteroatoms. The van der Waals surface area contributed by atoms with Crippen molar-refractivity contribution in [3.8, 4) is 5.69 Å². The van der Waals surface area contributed by atoms with Gasteiger partial charge in [0.2, 0.25) is 0 Å². The molecule has 144 valence electrons. The lowest BCUT2D eigenvalue weighted by Crippen LogP contribution is -2.21. The van der Waals surface area contributed by atoms with E-state index in [4.69, 9.17) is 0 Å². The molecule has 3 aromatic heterocycles. The monoisotopic (exact) mass is 396 g/mol. The van der Waals surface area contributed by atoms with E-state index in [0.717, 1.165) is 27.5 Å². The van der Waals surface area contributed by atoms with Gasteiger partial charge in [0.15, 0.2) is 0 Å². The number of aromatic nitrogens is 5. The summed E-state index contributed by atoms with van der Waals surface area (Å²) in [5, 5.41) is 19.2. The summed E-state index contributed by atoms with van der Waals surface area (Å²) in [5.41, 5.74) is 2.59. The number of hydrogen-bond acceptors (Lipinski definition) is 6. The third-order valence-corrected chi connectivity index (χ3v) is 5.79. The Morgan fingerprint density at radius 1 is 1.29 bits per heavy atom. The Morgan fingerprint density at radius 2 is 2.04 bits per heavy atom. The minimum Gasteiger partial charge on any atom is -0.380 e. The quantitative estimate of drug-likeness (QED) is 0.559. The van der Waals surface area contributed by atoms with Crippen LogP contribution in [0.4, 0.5) is 0 Å². The van der Waals surface area contributed by atoms with Gasteiger partial charge in [-0.25, -0.2) is 9.67 Å². The normalized spacial score (nSPS) is 12.4. The maximum Gasteiger partial charge on any atom is 0.253 e. The molecule has 1 amide bonds. The largest absolute Gasteiger partial charge is 0.380 e. The van der Waals surface area contributed by atoms with E-state index in [1.54, 1.807) is 73.1 Å². The molecule has 4 rings (SSSR count). The lowest BCUT2D eigenvalue weighted by atomic mass is 10.1. The molecule has 0 radical (unpaired) electrons. The summed E-state index contributed by atoms with van der Waals surface area (Å²) in [7, 11) is 3.43. The molecule has 28 heavy (non-hydrogen) atoms. The maximum absolute atomic E-state index is 12.0. The highest BCUT2D eigenvalue weighted by molar-refractivity contribution is 7.17. The number of rotatable bonds is 5. The first kappa shape index (κ1) is 18.3. The average molecular weight is 396 g/mol. The zero-order valence-electron chi connectivity index (χ0n) is 15.8. The Hall–Kier alpha value is -3.04. The molecule has 3 heterocycles. The van der Waals surface area contributed by atoms with E-state index >= 15 is 0 Å². The third-order valence-electron chi connectivity index (χ3n) is 4.53. The van der Waals surface area contributed by atoms with Gasteiger partial charge < -0.3 is 10.0 Å². The molecule has 1 N–H and O–H groups in total. The van der Waals surface area contributed by atoms with E-state index in [2.05, 4.69) is 22.2 Å². The van der Waals surface area contributed by atoms with Crippen molar-refractivity contribution in [3.05, 3.63) is 64.8 Å². The summed E-state index contributed by atoms with van der Waals surface area (Å²) in [5.74, 6) is -0.0600. The van der Waals surface area contributed by atoms with Gasteiger partial charge in [-0.05, 0) is 30.7 Å². The Kier molecular flexibility index (Phi) is 4.70. The van der Waals surface area contributed by atoms with Crippen molar-refractivity contribution in [2.45, 2.75) is 19.4 Å². The first-order valence-electron chi connectivity index (χ1n) is 8.85. The molecule has 0 spiro atoms. The predicted octanol–water partition coefficient (Wildman–Crippen LogP) is 2.32. The Balaban J connectivity index is 1.64. The van der Waals surface area contributed by atoms with Crippen LogP contribution < -0.4 is 0 Å². The van der Waals surface area contributed by atoms with E-state index in [1.165, 1.54) is 4.90 Å². The lowest BCUT2D eigenvalue weighted by Gasteiger charge is -2.10. The van der Waals surface area contributed by atoms with Gasteiger partial charge in [-0.1, -0.05) is 12.1 Å². The average Bonchev–Trinajstić information content (AvgIpc) is 3.42. The third kappa shape index (κ3) is 3.08. The summed E-state index contributed by atoms with van der Waals surface area (Å²) in [4.78, 5) is 19.8.